The van der Waals surface area contributed by atoms with E-state index >= 15 is 0 Å². The van der Waals surface area contributed by atoms with E-state index in [2.05, 4.69) is 20.2 Å². The van der Waals surface area contributed by atoms with Gasteiger partial charge < -0.3 is 9.80 Å². The molecule has 1 amide bonds. The van der Waals surface area contributed by atoms with Crippen LogP contribution in [0.25, 0.3) is 10.9 Å². The van der Waals surface area contributed by atoms with Crippen LogP contribution in [0.15, 0.2) is 30.5 Å². The average Bonchev–Trinajstić information content (AvgIpc) is 3.20. The highest BCUT2D eigenvalue weighted by Crippen LogP contribution is 2.21. The molecule has 0 radical (unpaired) electrons. The molecular formula is C16H18N6OS. The number of benzene rings is 1. The van der Waals surface area contributed by atoms with E-state index in [0.717, 1.165) is 34.1 Å². The number of carbonyl (C=O) groups excluding carboxylic acids is 1. The molecule has 7 nitrogen and oxygen atoms in total. The van der Waals surface area contributed by atoms with Crippen molar-refractivity contribution in [3.63, 3.8) is 0 Å². The van der Waals surface area contributed by atoms with Gasteiger partial charge in [-0.15, -0.1) is 10.2 Å². The second-order valence-electron chi connectivity index (χ2n) is 5.86. The summed E-state index contributed by atoms with van der Waals surface area (Å²) >= 11 is 1.60. The summed E-state index contributed by atoms with van der Waals surface area (Å²) in [5.41, 5.74) is 0.918. The summed E-state index contributed by atoms with van der Waals surface area (Å²) < 4.78 is 1.73. The maximum absolute atomic E-state index is 12.5. The molecule has 0 saturated carbocycles. The van der Waals surface area contributed by atoms with Crippen molar-refractivity contribution in [3.8, 4) is 0 Å². The first-order chi connectivity index (χ1) is 11.7. The third-order valence-corrected chi connectivity index (χ3v) is 5.08. The molecule has 0 bridgehead atoms. The lowest BCUT2D eigenvalue weighted by Crippen LogP contribution is -2.49. The van der Waals surface area contributed by atoms with Gasteiger partial charge in [-0.05, 0) is 13.0 Å². The first-order valence-corrected chi connectivity index (χ1v) is 8.76. The Bertz CT molecular complexity index is 831. The summed E-state index contributed by atoms with van der Waals surface area (Å²) in [7, 11) is 0. The Morgan fingerprint density at radius 3 is 2.67 bits per heavy atom. The van der Waals surface area contributed by atoms with Crippen molar-refractivity contribution in [1.82, 2.24) is 24.9 Å². The lowest BCUT2D eigenvalue weighted by atomic mass is 10.3. The van der Waals surface area contributed by atoms with Crippen LogP contribution in [-0.2, 0) is 11.3 Å². The van der Waals surface area contributed by atoms with Gasteiger partial charge in [0, 0.05) is 37.8 Å². The number of anilines is 1. The zero-order valence-corrected chi connectivity index (χ0v) is 14.2. The minimum absolute atomic E-state index is 0.107. The van der Waals surface area contributed by atoms with E-state index in [0.29, 0.717) is 13.1 Å². The molecule has 24 heavy (non-hydrogen) atoms. The third-order valence-electron chi connectivity index (χ3n) is 4.18. The number of nitrogens with zero attached hydrogens (tertiary/aromatic N) is 6. The van der Waals surface area contributed by atoms with Gasteiger partial charge in [0.05, 0.1) is 5.52 Å². The number of hydrogen-bond donors (Lipinski definition) is 0. The Morgan fingerprint density at radius 2 is 1.96 bits per heavy atom. The van der Waals surface area contributed by atoms with E-state index in [1.807, 2.05) is 42.3 Å². The predicted octanol–water partition coefficient (Wildman–Crippen LogP) is 1.55. The SMILES string of the molecule is Cc1nnc(N2CCN(C(=O)Cn3cc4ccccc4n3)CC2)s1. The quantitative estimate of drug-likeness (QED) is 0.722. The number of rotatable bonds is 3. The zero-order valence-electron chi connectivity index (χ0n) is 13.4. The normalized spacial score (nSPS) is 15.2. The van der Waals surface area contributed by atoms with Crippen LogP contribution in [0.4, 0.5) is 5.13 Å². The smallest absolute Gasteiger partial charge is 0.244 e. The molecule has 0 unspecified atom stereocenters. The highest BCUT2D eigenvalue weighted by Gasteiger charge is 2.23. The van der Waals surface area contributed by atoms with Gasteiger partial charge >= 0.3 is 0 Å². The van der Waals surface area contributed by atoms with E-state index in [-0.39, 0.29) is 12.5 Å². The van der Waals surface area contributed by atoms with E-state index in [1.165, 1.54) is 0 Å². The van der Waals surface area contributed by atoms with Crippen molar-refractivity contribution >= 4 is 33.3 Å². The van der Waals surface area contributed by atoms with Crippen LogP contribution in [0.1, 0.15) is 5.01 Å². The minimum Gasteiger partial charge on any atom is -0.343 e. The summed E-state index contributed by atoms with van der Waals surface area (Å²) in [6.45, 7) is 5.24. The number of carbonyl (C=O) groups is 1. The maximum atomic E-state index is 12.5. The molecule has 1 aliphatic heterocycles. The molecule has 2 aromatic heterocycles. The number of piperazine rings is 1. The van der Waals surface area contributed by atoms with E-state index in [9.17, 15) is 4.79 Å². The summed E-state index contributed by atoms with van der Waals surface area (Å²) in [6.07, 6.45) is 1.92. The summed E-state index contributed by atoms with van der Waals surface area (Å²) in [5.74, 6) is 0.107. The Labute approximate surface area is 143 Å². The van der Waals surface area contributed by atoms with E-state index < -0.39 is 0 Å². The fourth-order valence-corrected chi connectivity index (χ4v) is 3.64. The van der Waals surface area contributed by atoms with Gasteiger partial charge in [-0.2, -0.15) is 5.10 Å². The van der Waals surface area contributed by atoms with Crippen LogP contribution in [0.3, 0.4) is 0 Å². The van der Waals surface area contributed by atoms with Crippen molar-refractivity contribution in [2.45, 2.75) is 13.5 Å². The second-order valence-corrected chi connectivity index (χ2v) is 7.02. The van der Waals surface area contributed by atoms with Gasteiger partial charge in [-0.3, -0.25) is 9.48 Å². The topological polar surface area (TPSA) is 67.2 Å². The summed E-state index contributed by atoms with van der Waals surface area (Å²) in [6, 6.07) is 7.89. The van der Waals surface area contributed by atoms with Crippen LogP contribution >= 0.6 is 11.3 Å². The molecule has 0 aliphatic carbocycles. The Hall–Kier alpha value is -2.48. The van der Waals surface area contributed by atoms with Gasteiger partial charge in [0.1, 0.15) is 11.6 Å². The monoisotopic (exact) mass is 342 g/mol. The van der Waals surface area contributed by atoms with Crippen LogP contribution < -0.4 is 4.90 Å². The first kappa shape index (κ1) is 15.1. The van der Waals surface area contributed by atoms with Crippen molar-refractivity contribution < 1.29 is 4.79 Å². The number of aryl methyl sites for hydroxylation is 1. The van der Waals surface area contributed by atoms with Crippen LogP contribution in [-0.4, -0.2) is 57.0 Å². The lowest BCUT2D eigenvalue weighted by molar-refractivity contribution is -0.132. The molecule has 0 N–H and O–H groups in total. The summed E-state index contributed by atoms with van der Waals surface area (Å²) in [5, 5.41) is 15.7. The molecule has 1 saturated heterocycles. The second kappa shape index (κ2) is 6.20. The van der Waals surface area contributed by atoms with Crippen LogP contribution in [0.2, 0.25) is 0 Å². The third kappa shape index (κ3) is 2.96. The Morgan fingerprint density at radius 1 is 1.17 bits per heavy atom. The summed E-state index contributed by atoms with van der Waals surface area (Å²) in [4.78, 5) is 16.6. The van der Waals surface area contributed by atoms with Crippen molar-refractivity contribution in [2.24, 2.45) is 0 Å². The molecule has 1 aliphatic rings. The maximum Gasteiger partial charge on any atom is 0.244 e. The van der Waals surface area contributed by atoms with Crippen molar-refractivity contribution in [1.29, 1.82) is 0 Å². The number of aromatic nitrogens is 4. The van der Waals surface area contributed by atoms with Crippen LogP contribution in [0, 0.1) is 6.92 Å². The van der Waals surface area contributed by atoms with Gasteiger partial charge in [0.15, 0.2) is 0 Å². The predicted molar refractivity (Wildman–Crippen MR) is 93.2 cm³/mol. The molecule has 1 fully saturated rings. The van der Waals surface area contributed by atoms with Crippen molar-refractivity contribution in [2.75, 3.05) is 31.1 Å². The molecular weight excluding hydrogens is 324 g/mol. The largest absolute Gasteiger partial charge is 0.343 e. The highest BCUT2D eigenvalue weighted by molar-refractivity contribution is 7.15. The number of hydrogen-bond acceptors (Lipinski definition) is 6. The van der Waals surface area contributed by atoms with Gasteiger partial charge in [0.2, 0.25) is 11.0 Å². The fraction of sp³-hybridized carbons (Fsp3) is 0.375. The molecule has 0 spiro atoms. The van der Waals surface area contributed by atoms with Crippen LogP contribution in [0.5, 0.6) is 0 Å². The Kier molecular flexibility index (Phi) is 3.89. The molecule has 8 heteroatoms. The first-order valence-electron chi connectivity index (χ1n) is 7.94. The minimum atomic E-state index is 0.107. The molecule has 3 aromatic rings. The van der Waals surface area contributed by atoms with E-state index in [4.69, 9.17) is 0 Å². The van der Waals surface area contributed by atoms with Gasteiger partial charge in [0.25, 0.3) is 0 Å². The molecule has 0 atom stereocenters. The highest BCUT2D eigenvalue weighted by atomic mass is 32.1. The lowest BCUT2D eigenvalue weighted by Gasteiger charge is -2.34. The number of fused-ring (bicyclic) bond motifs is 1. The molecule has 1 aromatic carbocycles. The Balaban J connectivity index is 1.37. The standard InChI is InChI=1S/C16H18N6OS/c1-12-17-18-16(24-12)21-8-6-20(7-9-21)15(23)11-22-10-13-4-2-3-5-14(13)19-22/h2-5,10H,6-9,11H2,1H3. The van der Waals surface area contributed by atoms with Crippen molar-refractivity contribution in [3.05, 3.63) is 35.5 Å². The average molecular weight is 342 g/mol. The zero-order chi connectivity index (χ0) is 16.5. The van der Waals surface area contributed by atoms with Gasteiger partial charge in [-0.25, -0.2) is 0 Å². The van der Waals surface area contributed by atoms with Gasteiger partial charge in [-0.1, -0.05) is 29.5 Å². The number of amides is 1. The molecule has 3 heterocycles. The van der Waals surface area contributed by atoms with E-state index in [1.54, 1.807) is 16.0 Å². The molecule has 124 valence electrons. The fourth-order valence-electron chi connectivity index (χ4n) is 2.90. The molecule has 4 rings (SSSR count).